The maximum atomic E-state index is 12.9. The summed E-state index contributed by atoms with van der Waals surface area (Å²) in [6, 6.07) is 20.2. The van der Waals surface area contributed by atoms with Crippen molar-refractivity contribution < 1.29 is 9.53 Å². The molecule has 2 aromatic carbocycles. The van der Waals surface area contributed by atoms with E-state index in [1.54, 1.807) is 0 Å². The Morgan fingerprint density at radius 2 is 2.00 bits per heavy atom. The van der Waals surface area contributed by atoms with Gasteiger partial charge in [-0.05, 0) is 49.7 Å². The highest BCUT2D eigenvalue weighted by atomic mass is 16.5. The van der Waals surface area contributed by atoms with Crippen LogP contribution in [-0.2, 0) is 11.3 Å². The number of para-hydroxylation sites is 1. The van der Waals surface area contributed by atoms with Crippen molar-refractivity contribution in [2.45, 2.75) is 32.5 Å². The van der Waals surface area contributed by atoms with Gasteiger partial charge in [-0.25, -0.2) is 4.98 Å². The smallest absolute Gasteiger partial charge is 0.252 e. The fraction of sp³-hybridized carbons (Fsp3) is 0.296. The monoisotopic (exact) mass is 440 g/mol. The zero-order chi connectivity index (χ0) is 22.8. The quantitative estimate of drug-likeness (QED) is 0.495. The highest BCUT2D eigenvalue weighted by Gasteiger charge is 2.25. The van der Waals surface area contributed by atoms with Crippen LogP contribution in [0.15, 0.2) is 66.9 Å². The van der Waals surface area contributed by atoms with E-state index in [0.29, 0.717) is 12.2 Å². The number of fused-ring (bicyclic) bond motifs is 2. The molecule has 1 aliphatic heterocycles. The summed E-state index contributed by atoms with van der Waals surface area (Å²) in [6.45, 7) is 6.97. The number of carbonyl (C=O) groups excluding carboxylic acids is 1. The second kappa shape index (κ2) is 9.25. The van der Waals surface area contributed by atoms with E-state index in [2.05, 4.69) is 39.5 Å². The third kappa shape index (κ3) is 4.72. The summed E-state index contributed by atoms with van der Waals surface area (Å²) in [7, 11) is 0. The van der Waals surface area contributed by atoms with E-state index >= 15 is 0 Å². The highest BCUT2D eigenvalue weighted by Crippen LogP contribution is 2.27. The predicted molar refractivity (Wildman–Crippen MR) is 130 cm³/mol. The lowest BCUT2D eigenvalue weighted by Gasteiger charge is -2.33. The summed E-state index contributed by atoms with van der Waals surface area (Å²) in [6.07, 6.45) is 1.64. The Morgan fingerprint density at radius 3 is 2.88 bits per heavy atom. The van der Waals surface area contributed by atoms with Gasteiger partial charge >= 0.3 is 0 Å². The van der Waals surface area contributed by atoms with Crippen molar-refractivity contribution in [2.24, 2.45) is 0 Å². The number of carbonyl (C=O) groups is 1. The van der Waals surface area contributed by atoms with E-state index in [4.69, 9.17) is 9.72 Å². The van der Waals surface area contributed by atoms with Crippen LogP contribution >= 0.6 is 0 Å². The molecule has 5 rings (SSSR count). The van der Waals surface area contributed by atoms with Crippen LogP contribution in [0, 0.1) is 0 Å². The number of nitrogens with one attached hydrogen (secondary N) is 1. The minimum absolute atomic E-state index is 0.0615. The first-order chi connectivity index (χ1) is 16.1. The first kappa shape index (κ1) is 21.5. The molecule has 6 nitrogen and oxygen atoms in total. The second-order valence-corrected chi connectivity index (χ2v) is 8.86. The number of nitrogens with zero attached hydrogens (tertiary/aromatic N) is 3. The van der Waals surface area contributed by atoms with Gasteiger partial charge in [0.25, 0.3) is 5.91 Å². The van der Waals surface area contributed by atoms with Crippen LogP contribution < -0.4 is 5.32 Å². The second-order valence-electron chi connectivity index (χ2n) is 8.86. The molecule has 1 amide bonds. The van der Waals surface area contributed by atoms with Gasteiger partial charge in [0.15, 0.2) is 0 Å². The number of aromatic nitrogens is 2. The molecule has 6 heteroatoms. The number of pyridine rings is 2. The van der Waals surface area contributed by atoms with Gasteiger partial charge in [-0.15, -0.1) is 0 Å². The molecule has 1 fully saturated rings. The summed E-state index contributed by atoms with van der Waals surface area (Å²) in [5, 5.41) is 5.02. The third-order valence-corrected chi connectivity index (χ3v) is 5.95. The number of morpholine rings is 1. The summed E-state index contributed by atoms with van der Waals surface area (Å²) in [5.41, 5.74) is 4.52. The molecule has 0 saturated carbocycles. The Balaban J connectivity index is 1.40. The summed E-state index contributed by atoms with van der Waals surface area (Å²) >= 11 is 0. The summed E-state index contributed by atoms with van der Waals surface area (Å²) in [4.78, 5) is 24.6. The van der Waals surface area contributed by atoms with Crippen LogP contribution in [0.5, 0.6) is 0 Å². The topological polar surface area (TPSA) is 67.4 Å². The van der Waals surface area contributed by atoms with Crippen LogP contribution in [0.4, 0.5) is 0 Å². The van der Waals surface area contributed by atoms with Crippen molar-refractivity contribution in [2.75, 3.05) is 19.7 Å². The van der Waals surface area contributed by atoms with Crippen molar-refractivity contribution in [3.63, 3.8) is 0 Å². The lowest BCUT2D eigenvalue weighted by atomic mass is 10.0. The van der Waals surface area contributed by atoms with Gasteiger partial charge in [0.05, 0.1) is 28.9 Å². The zero-order valence-electron chi connectivity index (χ0n) is 19.0. The molecule has 0 radical (unpaired) electrons. The largest absolute Gasteiger partial charge is 0.369 e. The van der Waals surface area contributed by atoms with E-state index < -0.39 is 0 Å². The molecule has 3 heterocycles. The molecule has 0 aliphatic carbocycles. The molecule has 168 valence electrons. The Kier molecular flexibility index (Phi) is 6.03. The highest BCUT2D eigenvalue weighted by molar-refractivity contribution is 6.06. The van der Waals surface area contributed by atoms with Crippen molar-refractivity contribution in [1.82, 2.24) is 20.2 Å². The summed E-state index contributed by atoms with van der Waals surface area (Å²) in [5.74, 6) is -0.0812. The molecular weight excluding hydrogens is 412 g/mol. The molecule has 2 aromatic heterocycles. The fourth-order valence-electron chi connectivity index (χ4n) is 4.40. The number of hydrogen-bond acceptors (Lipinski definition) is 5. The Bertz CT molecular complexity index is 1300. The average Bonchev–Trinajstić information content (AvgIpc) is 2.83. The van der Waals surface area contributed by atoms with Gasteiger partial charge < -0.3 is 10.1 Å². The number of amides is 1. The minimum Gasteiger partial charge on any atom is -0.369 e. The third-order valence-electron chi connectivity index (χ3n) is 5.95. The molecule has 33 heavy (non-hydrogen) atoms. The minimum atomic E-state index is -0.184. The van der Waals surface area contributed by atoms with Gasteiger partial charge in [-0.1, -0.05) is 30.3 Å². The molecule has 0 unspecified atom stereocenters. The van der Waals surface area contributed by atoms with Gasteiger partial charge in [-0.2, -0.15) is 0 Å². The van der Waals surface area contributed by atoms with Crippen molar-refractivity contribution >= 4 is 27.7 Å². The number of hydrogen-bond donors (Lipinski definition) is 1. The van der Waals surface area contributed by atoms with E-state index in [-0.39, 0.29) is 18.1 Å². The maximum Gasteiger partial charge on any atom is 0.252 e. The molecule has 1 aliphatic rings. The summed E-state index contributed by atoms with van der Waals surface area (Å²) < 4.78 is 6.12. The van der Waals surface area contributed by atoms with E-state index in [1.807, 2.05) is 56.4 Å². The Morgan fingerprint density at radius 1 is 1.12 bits per heavy atom. The van der Waals surface area contributed by atoms with E-state index in [1.165, 1.54) is 5.56 Å². The molecule has 1 saturated heterocycles. The van der Waals surface area contributed by atoms with Crippen LogP contribution in [-0.4, -0.2) is 46.5 Å². The van der Waals surface area contributed by atoms with Crippen LogP contribution in [0.25, 0.3) is 21.8 Å². The first-order valence-corrected chi connectivity index (χ1v) is 11.4. The zero-order valence-corrected chi connectivity index (χ0v) is 19.0. The Labute approximate surface area is 193 Å². The van der Waals surface area contributed by atoms with E-state index in [9.17, 15) is 4.79 Å². The lowest BCUT2D eigenvalue weighted by molar-refractivity contribution is -0.0348. The molecule has 1 N–H and O–H groups in total. The molecule has 1 atom stereocenters. The van der Waals surface area contributed by atoms with Gasteiger partial charge in [0, 0.05) is 42.6 Å². The molecule has 0 bridgehead atoms. The van der Waals surface area contributed by atoms with Crippen molar-refractivity contribution in [3.05, 3.63) is 83.7 Å². The first-order valence-electron chi connectivity index (χ1n) is 11.4. The fourth-order valence-corrected chi connectivity index (χ4v) is 4.40. The Hall–Kier alpha value is -3.35. The lowest BCUT2D eigenvalue weighted by Crippen LogP contribution is -2.38. The molecule has 4 aromatic rings. The number of ether oxygens (including phenoxy) is 1. The molecular formula is C27H28N4O2. The van der Waals surface area contributed by atoms with Crippen LogP contribution in [0.1, 0.15) is 41.6 Å². The van der Waals surface area contributed by atoms with Gasteiger partial charge in [-0.3, -0.25) is 14.7 Å². The maximum absolute atomic E-state index is 12.9. The molecule has 0 spiro atoms. The van der Waals surface area contributed by atoms with Crippen molar-refractivity contribution in [3.8, 4) is 0 Å². The number of benzene rings is 2. The van der Waals surface area contributed by atoms with Gasteiger partial charge in [0.2, 0.25) is 0 Å². The normalized spacial score (nSPS) is 17.0. The predicted octanol–water partition coefficient (Wildman–Crippen LogP) is 4.49. The average molecular weight is 441 g/mol. The van der Waals surface area contributed by atoms with Crippen LogP contribution in [0.2, 0.25) is 0 Å². The van der Waals surface area contributed by atoms with Crippen molar-refractivity contribution in [1.29, 1.82) is 0 Å². The standard InChI is InChI=1S/C27H28N4O2/c1-18(2)29-27(32)22-15-25(30-24-8-4-3-7-21(22)24)26-17-31(12-13-33-26)16-19-9-10-23-20(14-19)6-5-11-28-23/h3-11,14-15,18,26H,12-13,16-17H2,1-2H3,(H,29,32)/t26-/m1/s1. The SMILES string of the molecule is CC(C)NC(=O)c1cc([C@H]2CN(Cc3ccc4ncccc4c3)CCO2)nc2ccccc12. The number of rotatable bonds is 5. The van der Waals surface area contributed by atoms with Gasteiger partial charge in [0.1, 0.15) is 6.10 Å². The van der Waals surface area contributed by atoms with Crippen LogP contribution in [0.3, 0.4) is 0 Å². The van der Waals surface area contributed by atoms with E-state index in [0.717, 1.165) is 47.1 Å².